The summed E-state index contributed by atoms with van der Waals surface area (Å²) < 4.78 is 11.5. The van der Waals surface area contributed by atoms with Crippen molar-refractivity contribution in [2.24, 2.45) is 4.99 Å². The summed E-state index contributed by atoms with van der Waals surface area (Å²) in [7, 11) is 1.64. The number of aliphatic imine (C=N–C) groups is 1. The molecule has 6 heteroatoms. The summed E-state index contributed by atoms with van der Waals surface area (Å²) in [5, 5.41) is 0. The number of aryl methyl sites for hydroxylation is 1. The van der Waals surface area contributed by atoms with Gasteiger partial charge in [0.2, 0.25) is 5.91 Å². The minimum absolute atomic E-state index is 0.0658. The maximum atomic E-state index is 13.1. The molecular formula is C28H29N3O3. The van der Waals surface area contributed by atoms with E-state index < -0.39 is 0 Å². The predicted molar refractivity (Wildman–Crippen MR) is 133 cm³/mol. The van der Waals surface area contributed by atoms with E-state index in [0.29, 0.717) is 26.1 Å². The molecule has 2 aliphatic heterocycles. The van der Waals surface area contributed by atoms with Crippen molar-refractivity contribution in [1.29, 1.82) is 0 Å². The van der Waals surface area contributed by atoms with Crippen molar-refractivity contribution in [2.45, 2.75) is 26.3 Å². The number of fused-ring (bicyclic) bond motifs is 2. The summed E-state index contributed by atoms with van der Waals surface area (Å²) in [4.78, 5) is 22.4. The van der Waals surface area contributed by atoms with Crippen LogP contribution in [0.1, 0.15) is 23.6 Å². The number of piperazine rings is 1. The second-order valence-corrected chi connectivity index (χ2v) is 8.91. The summed E-state index contributed by atoms with van der Waals surface area (Å²) in [5.41, 5.74) is 3.92. The van der Waals surface area contributed by atoms with Crippen LogP contribution in [0, 0.1) is 6.92 Å². The van der Waals surface area contributed by atoms with Crippen LogP contribution in [-0.4, -0.2) is 54.3 Å². The first-order valence-corrected chi connectivity index (χ1v) is 11.7. The highest BCUT2D eigenvalue weighted by molar-refractivity contribution is 6.04. The highest BCUT2D eigenvalue weighted by Gasteiger charge is 2.31. The number of rotatable bonds is 3. The van der Waals surface area contributed by atoms with Crippen molar-refractivity contribution >= 4 is 17.4 Å². The molecule has 1 atom stereocenters. The van der Waals surface area contributed by atoms with Gasteiger partial charge in [0, 0.05) is 25.7 Å². The van der Waals surface area contributed by atoms with E-state index in [4.69, 9.17) is 14.5 Å². The van der Waals surface area contributed by atoms with E-state index in [2.05, 4.69) is 30.9 Å². The molecule has 0 aromatic heterocycles. The first-order chi connectivity index (χ1) is 16.5. The van der Waals surface area contributed by atoms with Gasteiger partial charge in [0.15, 0.2) is 5.75 Å². The highest BCUT2D eigenvalue weighted by atomic mass is 16.5. The third-order valence-corrected chi connectivity index (χ3v) is 6.45. The summed E-state index contributed by atoms with van der Waals surface area (Å²) in [6.45, 7) is 6.23. The zero-order valence-corrected chi connectivity index (χ0v) is 19.8. The Bertz CT molecular complexity index is 1240. The van der Waals surface area contributed by atoms with Crippen LogP contribution < -0.4 is 9.47 Å². The van der Waals surface area contributed by atoms with Gasteiger partial charge in [-0.25, -0.2) is 4.99 Å². The van der Waals surface area contributed by atoms with Crippen molar-refractivity contribution in [3.05, 3.63) is 83.4 Å². The van der Waals surface area contributed by atoms with Gasteiger partial charge in [-0.3, -0.25) is 4.79 Å². The molecule has 34 heavy (non-hydrogen) atoms. The summed E-state index contributed by atoms with van der Waals surface area (Å²) in [6.07, 6.45) is 0.388. The predicted octanol–water partition coefficient (Wildman–Crippen LogP) is 4.96. The normalized spacial score (nSPS) is 17.1. The van der Waals surface area contributed by atoms with Gasteiger partial charge >= 0.3 is 0 Å². The van der Waals surface area contributed by atoms with Gasteiger partial charge in [-0.15, -0.1) is 0 Å². The van der Waals surface area contributed by atoms with Crippen LogP contribution in [0.2, 0.25) is 0 Å². The molecule has 0 spiro atoms. The highest BCUT2D eigenvalue weighted by Crippen LogP contribution is 2.38. The lowest BCUT2D eigenvalue weighted by molar-refractivity contribution is -0.134. The number of carbonyl (C=O) groups excluding carboxylic acids is 1. The Kier molecular flexibility index (Phi) is 5.97. The van der Waals surface area contributed by atoms with E-state index in [1.165, 1.54) is 0 Å². The monoisotopic (exact) mass is 455 g/mol. The van der Waals surface area contributed by atoms with Gasteiger partial charge < -0.3 is 19.3 Å². The fraction of sp³-hybridized carbons (Fsp3) is 0.286. The minimum atomic E-state index is 0.0658. The minimum Gasteiger partial charge on any atom is -0.497 e. The first kappa shape index (κ1) is 22.0. The zero-order chi connectivity index (χ0) is 23.7. The molecule has 2 heterocycles. The molecule has 5 rings (SSSR count). The molecule has 1 fully saturated rings. The van der Waals surface area contributed by atoms with Gasteiger partial charge in [-0.1, -0.05) is 30.3 Å². The third-order valence-electron chi connectivity index (χ3n) is 6.45. The molecule has 6 nitrogen and oxygen atoms in total. The molecule has 0 saturated carbocycles. The molecule has 0 aliphatic carbocycles. The van der Waals surface area contributed by atoms with Crippen LogP contribution in [0.4, 0.5) is 5.69 Å². The van der Waals surface area contributed by atoms with Gasteiger partial charge in [0.1, 0.15) is 23.0 Å². The van der Waals surface area contributed by atoms with E-state index in [9.17, 15) is 4.79 Å². The molecule has 0 N–H and O–H groups in total. The first-order valence-electron chi connectivity index (χ1n) is 11.7. The molecule has 174 valence electrons. The Morgan fingerprint density at radius 2 is 1.85 bits per heavy atom. The molecule has 2 aliphatic rings. The summed E-state index contributed by atoms with van der Waals surface area (Å²) in [6, 6.07) is 21.9. The Labute approximate surface area is 200 Å². The number of nitrogens with zero attached hydrogens (tertiary/aromatic N) is 3. The van der Waals surface area contributed by atoms with Crippen molar-refractivity contribution in [1.82, 2.24) is 9.80 Å². The Morgan fingerprint density at radius 3 is 2.62 bits per heavy atom. The van der Waals surface area contributed by atoms with Crippen molar-refractivity contribution < 1.29 is 14.3 Å². The Morgan fingerprint density at radius 1 is 1.06 bits per heavy atom. The Hall–Kier alpha value is -3.80. The molecule has 1 amide bonds. The van der Waals surface area contributed by atoms with Crippen LogP contribution in [0.15, 0.2) is 71.7 Å². The Balaban J connectivity index is 1.36. The molecule has 3 aromatic carbocycles. The van der Waals surface area contributed by atoms with Crippen molar-refractivity contribution in [3.8, 4) is 17.2 Å². The third kappa shape index (κ3) is 4.36. The van der Waals surface area contributed by atoms with Crippen molar-refractivity contribution in [3.63, 3.8) is 0 Å². The van der Waals surface area contributed by atoms with Gasteiger partial charge in [0.25, 0.3) is 0 Å². The lowest BCUT2D eigenvalue weighted by Crippen LogP contribution is -2.55. The largest absolute Gasteiger partial charge is 0.497 e. The average Bonchev–Trinajstić information content (AvgIpc) is 3.00. The summed E-state index contributed by atoms with van der Waals surface area (Å²) in [5.74, 6) is 3.40. The van der Waals surface area contributed by atoms with Crippen LogP contribution in [-0.2, 0) is 11.2 Å². The lowest BCUT2D eigenvalue weighted by Gasteiger charge is -2.41. The topological polar surface area (TPSA) is 54.4 Å². The van der Waals surface area contributed by atoms with E-state index in [1.54, 1.807) is 7.11 Å². The number of benzene rings is 3. The molecular weight excluding hydrogens is 426 g/mol. The molecule has 3 aromatic rings. The lowest BCUT2D eigenvalue weighted by atomic mass is 10.1. The number of hydrogen-bond donors (Lipinski definition) is 0. The maximum Gasteiger partial charge on any atom is 0.227 e. The zero-order valence-electron chi connectivity index (χ0n) is 19.8. The molecule has 0 radical (unpaired) electrons. The number of hydrogen-bond acceptors (Lipinski definition) is 5. The fourth-order valence-corrected chi connectivity index (χ4v) is 4.61. The number of amidine groups is 1. The SMILES string of the molecule is COc1ccc(CC(=O)N2CCN(C3=Nc4ccc(C)cc4Oc4ccccc43)C[C@@H]2C)cc1. The maximum absolute atomic E-state index is 13.1. The second-order valence-electron chi connectivity index (χ2n) is 8.91. The van der Waals surface area contributed by atoms with Gasteiger partial charge in [-0.05, 0) is 61.4 Å². The van der Waals surface area contributed by atoms with E-state index in [-0.39, 0.29) is 11.9 Å². The smallest absolute Gasteiger partial charge is 0.227 e. The van der Waals surface area contributed by atoms with Crippen LogP contribution in [0.3, 0.4) is 0 Å². The number of amides is 1. The van der Waals surface area contributed by atoms with Gasteiger partial charge in [0.05, 0.1) is 19.1 Å². The van der Waals surface area contributed by atoms with Crippen LogP contribution in [0.25, 0.3) is 0 Å². The van der Waals surface area contributed by atoms with Gasteiger partial charge in [-0.2, -0.15) is 0 Å². The van der Waals surface area contributed by atoms with Crippen LogP contribution >= 0.6 is 0 Å². The number of methoxy groups -OCH3 is 1. The molecule has 1 saturated heterocycles. The van der Waals surface area contributed by atoms with E-state index in [0.717, 1.165) is 45.5 Å². The van der Waals surface area contributed by atoms with Crippen LogP contribution in [0.5, 0.6) is 17.2 Å². The number of para-hydroxylation sites is 1. The van der Waals surface area contributed by atoms with E-state index >= 15 is 0 Å². The summed E-state index contributed by atoms with van der Waals surface area (Å²) >= 11 is 0. The standard InChI is InChI=1S/C28H29N3O3/c1-19-8-13-24-26(16-19)34-25-7-5-4-6-23(25)28(29-24)30-14-15-31(20(2)18-30)27(32)17-21-9-11-22(33-3)12-10-21/h4-13,16,20H,14-15,17-18H2,1-3H3/t20-/m0/s1. The van der Waals surface area contributed by atoms with E-state index in [1.807, 2.05) is 59.5 Å². The second kappa shape index (κ2) is 9.21. The van der Waals surface area contributed by atoms with Crippen molar-refractivity contribution in [2.75, 3.05) is 26.7 Å². The number of ether oxygens (including phenoxy) is 2. The quantitative estimate of drug-likeness (QED) is 0.560. The molecule has 0 unspecified atom stereocenters. The fourth-order valence-electron chi connectivity index (χ4n) is 4.61. The number of carbonyl (C=O) groups is 1. The molecule has 0 bridgehead atoms. The average molecular weight is 456 g/mol.